The second-order valence-corrected chi connectivity index (χ2v) is 23.5. The van der Waals surface area contributed by atoms with Crippen molar-refractivity contribution in [3.63, 3.8) is 0 Å². The summed E-state index contributed by atoms with van der Waals surface area (Å²) in [5, 5.41) is 13.9. The summed E-state index contributed by atoms with van der Waals surface area (Å²) in [6, 6.07) is -0.862. The van der Waals surface area contributed by atoms with Crippen LogP contribution in [0.3, 0.4) is 0 Å². The zero-order chi connectivity index (χ0) is 51.3. The first-order valence-electron chi connectivity index (χ1n) is 30.4. The van der Waals surface area contributed by atoms with Gasteiger partial charge in [-0.2, -0.15) is 0 Å². The smallest absolute Gasteiger partial charge is 0.387 e. The average molecular weight is 1010 g/mol. The molecule has 0 radical (unpaired) electrons. The molecule has 414 valence electrons. The van der Waals surface area contributed by atoms with E-state index in [2.05, 4.69) is 43.5 Å². The fourth-order valence-electron chi connectivity index (χ4n) is 9.06. The van der Waals surface area contributed by atoms with Crippen LogP contribution < -0.4 is 5.32 Å². The van der Waals surface area contributed by atoms with Gasteiger partial charge in [-0.05, 0) is 57.8 Å². The lowest BCUT2D eigenvalue weighted by Gasteiger charge is -2.25. The molecule has 0 rings (SSSR count). The van der Waals surface area contributed by atoms with Gasteiger partial charge in [0.15, 0.2) is 0 Å². The van der Waals surface area contributed by atoms with Gasteiger partial charge in [0.05, 0.1) is 39.9 Å². The first kappa shape index (κ1) is 68.7. The Morgan fingerprint density at radius 2 is 0.786 bits per heavy atom. The molecule has 0 saturated heterocycles. The van der Waals surface area contributed by atoms with Crippen molar-refractivity contribution in [2.75, 3.05) is 40.9 Å². The van der Waals surface area contributed by atoms with Gasteiger partial charge in [-0.3, -0.25) is 13.8 Å². The Morgan fingerprint density at radius 3 is 1.14 bits per heavy atom. The summed E-state index contributed by atoms with van der Waals surface area (Å²) in [5.74, 6) is -0.182. The summed E-state index contributed by atoms with van der Waals surface area (Å²) in [6.45, 7) is 4.83. The number of carbonyl (C=O) groups excluding carboxylic acids is 1. The van der Waals surface area contributed by atoms with Gasteiger partial charge in [-0.1, -0.05) is 269 Å². The molecule has 0 bridgehead atoms. The number of phosphoric acid groups is 1. The predicted molar refractivity (Wildman–Crippen MR) is 304 cm³/mol. The fourth-order valence-corrected chi connectivity index (χ4v) is 9.79. The van der Waals surface area contributed by atoms with Gasteiger partial charge < -0.3 is 19.8 Å². The molecule has 0 aromatic rings. The molecule has 3 unspecified atom stereocenters. The number of unbranched alkanes of at least 4 members (excludes halogenated alkanes) is 39. The van der Waals surface area contributed by atoms with Gasteiger partial charge in [0.1, 0.15) is 13.2 Å². The highest BCUT2D eigenvalue weighted by Gasteiger charge is 2.27. The number of hydrogen-bond donors (Lipinski definition) is 3. The van der Waals surface area contributed by atoms with E-state index in [4.69, 9.17) is 9.05 Å². The third-order valence-corrected chi connectivity index (χ3v) is 14.8. The van der Waals surface area contributed by atoms with Crippen LogP contribution in [0, 0.1) is 0 Å². The Hall–Kier alpha value is -1.28. The van der Waals surface area contributed by atoms with E-state index in [1.807, 2.05) is 27.2 Å². The molecular formula is C61H120N2O6P+. The lowest BCUT2D eigenvalue weighted by molar-refractivity contribution is -0.870. The van der Waals surface area contributed by atoms with Crippen molar-refractivity contribution >= 4 is 13.7 Å². The number of hydrogen-bond acceptors (Lipinski definition) is 5. The summed E-state index contributed by atoms with van der Waals surface area (Å²) in [5.41, 5.74) is 0. The van der Waals surface area contributed by atoms with Gasteiger partial charge in [0.25, 0.3) is 0 Å². The number of carbonyl (C=O) groups is 1. The van der Waals surface area contributed by atoms with E-state index in [-0.39, 0.29) is 19.1 Å². The van der Waals surface area contributed by atoms with Crippen LogP contribution in [-0.4, -0.2) is 73.4 Å². The zero-order valence-corrected chi connectivity index (χ0v) is 48.2. The number of nitrogens with zero attached hydrogens (tertiary/aromatic N) is 1. The minimum atomic E-state index is -4.35. The van der Waals surface area contributed by atoms with Gasteiger partial charge in [-0.25, -0.2) is 4.57 Å². The third kappa shape index (κ3) is 54.5. The monoisotopic (exact) mass is 1010 g/mol. The van der Waals surface area contributed by atoms with Crippen LogP contribution in [0.4, 0.5) is 0 Å². The highest BCUT2D eigenvalue weighted by Crippen LogP contribution is 2.43. The first-order chi connectivity index (χ1) is 34.0. The van der Waals surface area contributed by atoms with Crippen LogP contribution in [0.5, 0.6) is 0 Å². The van der Waals surface area contributed by atoms with Crippen molar-refractivity contribution < 1.29 is 32.9 Å². The fraction of sp³-hybridized carbons (Fsp3) is 0.885. The van der Waals surface area contributed by atoms with Gasteiger partial charge >= 0.3 is 7.82 Å². The zero-order valence-electron chi connectivity index (χ0n) is 47.3. The molecule has 8 nitrogen and oxygen atoms in total. The third-order valence-electron chi connectivity index (χ3n) is 13.8. The summed E-state index contributed by atoms with van der Waals surface area (Å²) in [6.07, 6.45) is 68.3. The quantitative estimate of drug-likeness (QED) is 0.0243. The largest absolute Gasteiger partial charge is 0.472 e. The van der Waals surface area contributed by atoms with Crippen molar-refractivity contribution in [3.8, 4) is 0 Å². The maximum atomic E-state index is 13.0. The van der Waals surface area contributed by atoms with E-state index in [1.165, 1.54) is 238 Å². The molecule has 0 spiro atoms. The van der Waals surface area contributed by atoms with Crippen molar-refractivity contribution in [2.45, 2.75) is 309 Å². The summed E-state index contributed by atoms with van der Waals surface area (Å²) in [7, 11) is 1.57. The van der Waals surface area contributed by atoms with Gasteiger partial charge in [-0.15, -0.1) is 0 Å². The number of allylic oxidation sites excluding steroid dienone is 5. The van der Waals surface area contributed by atoms with Crippen molar-refractivity contribution in [3.05, 3.63) is 36.5 Å². The predicted octanol–water partition coefficient (Wildman–Crippen LogP) is 18.5. The Balaban J connectivity index is 4.14. The van der Waals surface area contributed by atoms with E-state index in [0.717, 1.165) is 38.5 Å². The van der Waals surface area contributed by atoms with E-state index in [1.54, 1.807) is 6.08 Å². The van der Waals surface area contributed by atoms with Crippen LogP contribution in [0.15, 0.2) is 36.5 Å². The molecule has 0 heterocycles. The Labute approximate surface area is 436 Å². The van der Waals surface area contributed by atoms with Crippen molar-refractivity contribution in [2.24, 2.45) is 0 Å². The standard InChI is InChI=1S/C61H119N2O6P/c1-6-8-10-12-14-16-18-20-22-24-26-27-28-29-30-31-32-33-34-35-37-39-41-43-45-47-49-51-53-55-61(65)62-59(58-69-70(66,67)68-57-56-63(3,4)5)60(64)54-52-50-48-46-44-42-40-38-36-25-23-21-19-17-15-13-11-9-7-2/h24,26,44,46,52,54,59-60,64H,6-23,25,27-43,45,47-51,53,55-58H2,1-5H3,(H-,62,65,66,67)/p+1/b26-24-,46-44+,54-52+. The highest BCUT2D eigenvalue weighted by molar-refractivity contribution is 7.47. The normalized spacial score (nSPS) is 14.1. The van der Waals surface area contributed by atoms with Crippen LogP contribution in [0.25, 0.3) is 0 Å². The minimum absolute atomic E-state index is 0.0576. The van der Waals surface area contributed by atoms with Crippen LogP contribution in [-0.2, 0) is 18.4 Å². The Kier molecular flexibility index (Phi) is 51.6. The molecule has 0 fully saturated rings. The molecule has 0 aliphatic heterocycles. The van der Waals surface area contributed by atoms with Crippen LogP contribution in [0.2, 0.25) is 0 Å². The molecule has 0 aliphatic rings. The van der Waals surface area contributed by atoms with E-state index in [0.29, 0.717) is 17.4 Å². The summed E-state index contributed by atoms with van der Waals surface area (Å²) < 4.78 is 23.7. The lowest BCUT2D eigenvalue weighted by atomic mass is 10.0. The maximum absolute atomic E-state index is 13.0. The molecule has 3 atom stereocenters. The number of aliphatic hydroxyl groups is 1. The number of rotatable bonds is 56. The SMILES string of the molecule is CCCCCCCCCC/C=C\CCCCCCCCCCCCCCCCCCCC(=O)NC(COP(=O)(O)OCC[N+](C)(C)C)C(O)/C=C/CC/C=C/CCCCCCCCCCCCCCC. The molecule has 1 amide bonds. The number of amides is 1. The molecule has 3 N–H and O–H groups in total. The van der Waals surface area contributed by atoms with Crippen LogP contribution >= 0.6 is 7.82 Å². The van der Waals surface area contributed by atoms with Gasteiger partial charge in [0, 0.05) is 6.42 Å². The molecule has 0 saturated carbocycles. The average Bonchev–Trinajstić information content (AvgIpc) is 3.32. The Bertz CT molecular complexity index is 1230. The van der Waals surface area contributed by atoms with Crippen molar-refractivity contribution in [1.82, 2.24) is 5.32 Å². The Morgan fingerprint density at radius 1 is 0.471 bits per heavy atom. The molecule has 9 heteroatoms. The lowest BCUT2D eigenvalue weighted by Crippen LogP contribution is -2.45. The molecular weight excluding hydrogens is 888 g/mol. The maximum Gasteiger partial charge on any atom is 0.472 e. The summed E-state index contributed by atoms with van der Waals surface area (Å²) >= 11 is 0. The highest BCUT2D eigenvalue weighted by atomic mass is 31.2. The molecule has 0 aliphatic carbocycles. The molecule has 0 aromatic carbocycles. The van der Waals surface area contributed by atoms with Gasteiger partial charge in [0.2, 0.25) is 5.91 Å². The summed E-state index contributed by atoms with van der Waals surface area (Å²) in [4.78, 5) is 23.3. The van der Waals surface area contributed by atoms with E-state index < -0.39 is 20.0 Å². The van der Waals surface area contributed by atoms with E-state index in [9.17, 15) is 19.4 Å². The van der Waals surface area contributed by atoms with Crippen molar-refractivity contribution in [1.29, 1.82) is 0 Å². The second kappa shape index (κ2) is 52.6. The number of quaternary nitrogens is 1. The molecule has 0 aromatic heterocycles. The number of aliphatic hydroxyl groups excluding tert-OH is 1. The topological polar surface area (TPSA) is 105 Å². The number of phosphoric ester groups is 1. The second-order valence-electron chi connectivity index (χ2n) is 22.1. The van der Waals surface area contributed by atoms with E-state index >= 15 is 0 Å². The number of nitrogens with one attached hydrogen (secondary N) is 1. The first-order valence-corrected chi connectivity index (χ1v) is 31.9. The van der Waals surface area contributed by atoms with Crippen LogP contribution in [0.1, 0.15) is 296 Å². The number of likely N-dealkylation sites (N-methyl/N-ethyl adjacent to an activating group) is 1. The molecule has 70 heavy (non-hydrogen) atoms. The minimum Gasteiger partial charge on any atom is -0.387 e.